The van der Waals surface area contributed by atoms with Crippen LogP contribution in [0.25, 0.3) is 6.08 Å². The van der Waals surface area contributed by atoms with Crippen LogP contribution in [0, 0.1) is 5.41 Å². The topological polar surface area (TPSA) is 96.6 Å². The number of amides is 1. The van der Waals surface area contributed by atoms with Crippen molar-refractivity contribution in [2.75, 3.05) is 19.8 Å². The fourth-order valence-corrected chi connectivity index (χ4v) is 4.61. The van der Waals surface area contributed by atoms with Crippen LogP contribution in [0.15, 0.2) is 56.5 Å². The molecule has 2 heterocycles. The molecule has 8 nitrogen and oxygen atoms in total. The van der Waals surface area contributed by atoms with Gasteiger partial charge in [-0.3, -0.25) is 10.2 Å². The van der Waals surface area contributed by atoms with Crippen LogP contribution in [0.4, 0.5) is 0 Å². The average Bonchev–Trinajstić information content (AvgIpc) is 3.25. The van der Waals surface area contributed by atoms with Gasteiger partial charge in [-0.1, -0.05) is 34.5 Å². The Bertz CT molecular complexity index is 1250. The van der Waals surface area contributed by atoms with Crippen molar-refractivity contribution in [1.82, 2.24) is 5.01 Å². The van der Waals surface area contributed by atoms with E-state index in [9.17, 15) is 4.79 Å². The number of nitrogens with one attached hydrogen (secondary N) is 1. The fourth-order valence-electron chi connectivity index (χ4n) is 3.25. The Kier molecular flexibility index (Phi) is 8.15. The van der Waals surface area contributed by atoms with E-state index >= 15 is 0 Å². The molecule has 0 bridgehead atoms. The lowest BCUT2D eigenvalue weighted by molar-refractivity contribution is -0.114. The summed E-state index contributed by atoms with van der Waals surface area (Å²) < 4.78 is 18.3. The van der Waals surface area contributed by atoms with Gasteiger partial charge in [0.05, 0.1) is 17.2 Å². The number of carbonyl (C=O) groups is 1. The van der Waals surface area contributed by atoms with Gasteiger partial charge in [0.15, 0.2) is 17.3 Å². The van der Waals surface area contributed by atoms with Gasteiger partial charge in [-0.2, -0.15) is 15.1 Å². The molecule has 0 saturated carbocycles. The maximum absolute atomic E-state index is 12.6. The molecule has 0 spiro atoms. The van der Waals surface area contributed by atoms with Crippen molar-refractivity contribution in [2.45, 2.75) is 20.3 Å². The molecule has 182 valence electrons. The number of rotatable bonds is 9. The van der Waals surface area contributed by atoms with E-state index in [0.717, 1.165) is 15.3 Å². The lowest BCUT2D eigenvalue weighted by Crippen LogP contribution is -2.35. The molecule has 0 saturated heterocycles. The number of amidine groups is 2. The zero-order valence-electron chi connectivity index (χ0n) is 19.0. The molecule has 2 aromatic rings. The predicted octanol–water partition coefficient (Wildman–Crippen LogP) is 5.99. The summed E-state index contributed by atoms with van der Waals surface area (Å²) in [5.41, 5.74) is 0.695. The second kappa shape index (κ2) is 11.3. The summed E-state index contributed by atoms with van der Waals surface area (Å²) in [5, 5.41) is 15.7. The second-order valence-electron chi connectivity index (χ2n) is 7.28. The Morgan fingerprint density at radius 1 is 1.14 bits per heavy atom. The third-order valence-corrected chi connectivity index (χ3v) is 6.72. The molecule has 0 fully saturated rings. The van der Waals surface area contributed by atoms with Gasteiger partial charge in [0.2, 0.25) is 5.17 Å². The number of thioether (sulfide) groups is 1. The summed E-state index contributed by atoms with van der Waals surface area (Å²) in [6.07, 6.45) is 2.26. The van der Waals surface area contributed by atoms with Crippen molar-refractivity contribution in [3.8, 4) is 17.2 Å². The molecule has 35 heavy (non-hydrogen) atoms. The molecule has 2 aliphatic rings. The van der Waals surface area contributed by atoms with E-state index in [2.05, 4.69) is 26.0 Å². The van der Waals surface area contributed by atoms with E-state index in [4.69, 9.17) is 31.2 Å². The van der Waals surface area contributed by atoms with E-state index in [1.807, 2.05) is 38.1 Å². The molecular formula is C24H22BrClN4O4S. The number of hydrazone groups is 1. The highest BCUT2D eigenvalue weighted by atomic mass is 79.9. The maximum atomic E-state index is 12.6. The highest BCUT2D eigenvalue weighted by Gasteiger charge is 2.35. The quantitative estimate of drug-likeness (QED) is 0.291. The summed E-state index contributed by atoms with van der Waals surface area (Å²) in [6, 6.07) is 10.9. The van der Waals surface area contributed by atoms with Crippen molar-refractivity contribution in [3.63, 3.8) is 0 Å². The van der Waals surface area contributed by atoms with E-state index < -0.39 is 5.91 Å². The van der Waals surface area contributed by atoms with Crippen LogP contribution in [-0.4, -0.2) is 46.8 Å². The SMILES string of the molecule is CCOc1cc(/C=C2/C(=N)N3N=C(CC)SC3=NC2=O)cc(Cl)c1OCCOc1ccc(Br)cc1. The Morgan fingerprint density at radius 2 is 1.89 bits per heavy atom. The Hall–Kier alpha value is -2.82. The zero-order chi connectivity index (χ0) is 24.9. The molecule has 0 aromatic heterocycles. The summed E-state index contributed by atoms with van der Waals surface area (Å²) in [4.78, 5) is 16.7. The van der Waals surface area contributed by atoms with Crippen LogP contribution < -0.4 is 14.2 Å². The first-order valence-corrected chi connectivity index (χ1v) is 12.8. The third kappa shape index (κ3) is 5.88. The molecule has 0 radical (unpaired) electrons. The van der Waals surface area contributed by atoms with E-state index in [0.29, 0.717) is 46.9 Å². The molecule has 0 unspecified atom stereocenters. The first kappa shape index (κ1) is 25.3. The lowest BCUT2D eigenvalue weighted by atomic mass is 10.1. The number of carbonyl (C=O) groups excluding carboxylic acids is 1. The third-order valence-electron chi connectivity index (χ3n) is 4.85. The lowest BCUT2D eigenvalue weighted by Gasteiger charge is -2.20. The summed E-state index contributed by atoms with van der Waals surface area (Å²) in [5.74, 6) is 1.01. The average molecular weight is 578 g/mol. The minimum atomic E-state index is -0.499. The Morgan fingerprint density at radius 3 is 2.60 bits per heavy atom. The number of ether oxygens (including phenoxy) is 3. The van der Waals surface area contributed by atoms with Gasteiger partial charge in [-0.25, -0.2) is 0 Å². The van der Waals surface area contributed by atoms with Crippen molar-refractivity contribution in [3.05, 3.63) is 57.0 Å². The second-order valence-corrected chi connectivity index (χ2v) is 9.64. The van der Waals surface area contributed by atoms with Gasteiger partial charge in [0.1, 0.15) is 24.0 Å². The number of hydrogen-bond donors (Lipinski definition) is 1. The molecule has 0 aliphatic carbocycles. The van der Waals surface area contributed by atoms with Crippen LogP contribution in [0.5, 0.6) is 17.2 Å². The molecular weight excluding hydrogens is 556 g/mol. The van der Waals surface area contributed by atoms with Gasteiger partial charge in [-0.05, 0) is 73.1 Å². The Labute approximate surface area is 220 Å². The zero-order valence-corrected chi connectivity index (χ0v) is 22.2. The number of halogens is 2. The number of hydrogen-bond acceptors (Lipinski definition) is 7. The molecule has 4 rings (SSSR count). The minimum absolute atomic E-state index is 0.0320. The summed E-state index contributed by atoms with van der Waals surface area (Å²) in [7, 11) is 0. The summed E-state index contributed by atoms with van der Waals surface area (Å²) in [6.45, 7) is 4.77. The van der Waals surface area contributed by atoms with Crippen LogP contribution >= 0.6 is 39.3 Å². The molecule has 1 N–H and O–H groups in total. The van der Waals surface area contributed by atoms with E-state index in [1.54, 1.807) is 18.2 Å². The monoisotopic (exact) mass is 576 g/mol. The summed E-state index contributed by atoms with van der Waals surface area (Å²) >= 11 is 11.2. The van der Waals surface area contributed by atoms with Gasteiger partial charge in [0.25, 0.3) is 5.91 Å². The standard InChI is InChI=1S/C24H22BrClN4O4S/c1-3-20-29-30-22(27)17(23(31)28-24(30)35-20)11-14-12-18(26)21(19(13-14)32-4-2)34-10-9-33-16-7-5-15(25)6-8-16/h5-8,11-13,27H,3-4,9-10H2,1-2H3/b17-11-,27-22?. The van der Waals surface area contributed by atoms with Gasteiger partial charge < -0.3 is 14.2 Å². The van der Waals surface area contributed by atoms with Crippen LogP contribution in [0.1, 0.15) is 25.8 Å². The Balaban J connectivity index is 1.51. The van der Waals surface area contributed by atoms with Crippen molar-refractivity contribution >= 4 is 67.3 Å². The first-order chi connectivity index (χ1) is 16.9. The van der Waals surface area contributed by atoms with Crippen molar-refractivity contribution < 1.29 is 19.0 Å². The largest absolute Gasteiger partial charge is 0.490 e. The van der Waals surface area contributed by atoms with E-state index in [1.165, 1.54) is 16.8 Å². The van der Waals surface area contributed by atoms with Crippen LogP contribution in [0.3, 0.4) is 0 Å². The predicted molar refractivity (Wildman–Crippen MR) is 143 cm³/mol. The number of aliphatic imine (C=N–C) groups is 1. The molecule has 11 heteroatoms. The van der Waals surface area contributed by atoms with E-state index in [-0.39, 0.29) is 18.0 Å². The minimum Gasteiger partial charge on any atom is -0.490 e. The number of fused-ring (bicyclic) bond motifs is 1. The first-order valence-electron chi connectivity index (χ1n) is 10.9. The van der Waals surface area contributed by atoms with Gasteiger partial charge in [0, 0.05) is 4.47 Å². The maximum Gasteiger partial charge on any atom is 0.283 e. The smallest absolute Gasteiger partial charge is 0.283 e. The number of nitrogens with zero attached hydrogens (tertiary/aromatic N) is 3. The highest BCUT2D eigenvalue weighted by Crippen LogP contribution is 2.38. The van der Waals surface area contributed by atoms with Gasteiger partial charge >= 0.3 is 0 Å². The molecule has 0 atom stereocenters. The van der Waals surface area contributed by atoms with Gasteiger partial charge in [-0.15, -0.1) is 0 Å². The normalized spacial score (nSPS) is 16.2. The molecule has 1 amide bonds. The van der Waals surface area contributed by atoms with Crippen LogP contribution in [0.2, 0.25) is 5.02 Å². The molecule has 2 aliphatic heterocycles. The van der Waals surface area contributed by atoms with Crippen molar-refractivity contribution in [1.29, 1.82) is 5.41 Å². The number of benzene rings is 2. The van der Waals surface area contributed by atoms with Crippen LogP contribution in [-0.2, 0) is 4.79 Å². The van der Waals surface area contributed by atoms with Crippen molar-refractivity contribution in [2.24, 2.45) is 10.1 Å². The fraction of sp³-hybridized carbons (Fsp3) is 0.250. The highest BCUT2D eigenvalue weighted by molar-refractivity contribution is 9.10. The molecule has 2 aromatic carbocycles.